The van der Waals surface area contributed by atoms with Crippen molar-refractivity contribution in [2.45, 2.75) is 117 Å². The molecule has 0 heterocycles. The van der Waals surface area contributed by atoms with Crippen molar-refractivity contribution in [3.05, 3.63) is 0 Å². The number of rotatable bonds is 57. The maximum Gasteiger partial charge on any atom is 0.0701 e. The van der Waals surface area contributed by atoms with E-state index in [9.17, 15) is 0 Å². The smallest absolute Gasteiger partial charge is 0.0701 e. The molecule has 0 amide bonds. The molecule has 60 heavy (non-hydrogen) atoms. The van der Waals surface area contributed by atoms with Gasteiger partial charge in [-0.15, -0.1) is 0 Å². The van der Waals surface area contributed by atoms with Gasteiger partial charge in [0.05, 0.1) is 158 Å². The largest absolute Gasteiger partial charge is 0.379 e. The van der Waals surface area contributed by atoms with Crippen molar-refractivity contribution in [1.82, 2.24) is 5.32 Å². The van der Waals surface area contributed by atoms with E-state index >= 15 is 0 Å². The Morgan fingerprint density at radius 3 is 0.750 bits per heavy atom. The minimum absolute atomic E-state index is 0.519. The Kier molecular flexibility index (Phi) is 59.4. The molecular formula is C45H93NO12S2. The minimum Gasteiger partial charge on any atom is -0.379 e. The van der Waals surface area contributed by atoms with Gasteiger partial charge in [-0.3, -0.25) is 0 Å². The summed E-state index contributed by atoms with van der Waals surface area (Å²) in [7, 11) is 3.69. The molecule has 15 heteroatoms. The predicted octanol–water partition coefficient (Wildman–Crippen LogP) is 8.40. The van der Waals surface area contributed by atoms with Gasteiger partial charge >= 0.3 is 0 Å². The number of hydrogen-bond acceptors (Lipinski definition) is 15. The highest BCUT2D eigenvalue weighted by atomic mass is 33.1. The van der Waals surface area contributed by atoms with E-state index in [1.165, 1.54) is 96.3 Å². The lowest BCUT2D eigenvalue weighted by molar-refractivity contribution is -0.0283. The standard InChI is InChI=1S/C45H93NO12S2/c1-3-5-6-7-8-9-10-11-12-13-14-15-16-17-18-19-21-47-23-25-49-27-29-51-31-33-53-35-37-55-39-41-57-43-44-58-42-40-56-38-36-54-34-32-52-30-28-50-26-24-48-22-20-46-45-60-59-4-2/h46H,3-45H2,1-2H3. The summed E-state index contributed by atoms with van der Waals surface area (Å²) in [6.45, 7) is 18.9. The average molecular weight is 904 g/mol. The van der Waals surface area contributed by atoms with Gasteiger partial charge in [-0.2, -0.15) is 0 Å². The van der Waals surface area contributed by atoms with Crippen LogP contribution < -0.4 is 5.32 Å². The van der Waals surface area contributed by atoms with Gasteiger partial charge in [0.15, 0.2) is 0 Å². The van der Waals surface area contributed by atoms with Gasteiger partial charge in [-0.1, -0.05) is 132 Å². The molecule has 0 aliphatic rings. The summed E-state index contributed by atoms with van der Waals surface area (Å²) in [5.74, 6) is 2.07. The van der Waals surface area contributed by atoms with Crippen LogP contribution in [0.1, 0.15) is 117 Å². The average Bonchev–Trinajstić information content (AvgIpc) is 3.26. The molecule has 0 aliphatic heterocycles. The molecule has 362 valence electrons. The fourth-order valence-corrected chi connectivity index (χ4v) is 7.13. The summed E-state index contributed by atoms with van der Waals surface area (Å²) in [4.78, 5) is 0. The summed E-state index contributed by atoms with van der Waals surface area (Å²) in [5, 5.41) is 3.32. The predicted molar refractivity (Wildman–Crippen MR) is 248 cm³/mol. The van der Waals surface area contributed by atoms with Crippen LogP contribution in [0.15, 0.2) is 0 Å². The molecule has 0 atom stereocenters. The van der Waals surface area contributed by atoms with Crippen LogP contribution in [0.4, 0.5) is 0 Å². The van der Waals surface area contributed by atoms with Crippen LogP contribution in [0.2, 0.25) is 0 Å². The fourth-order valence-electron chi connectivity index (χ4n) is 5.66. The molecular weight excluding hydrogens is 811 g/mol. The Hall–Kier alpha value is 0.180. The van der Waals surface area contributed by atoms with Gasteiger partial charge < -0.3 is 62.2 Å². The van der Waals surface area contributed by atoms with E-state index in [0.29, 0.717) is 152 Å². The molecule has 0 saturated carbocycles. The van der Waals surface area contributed by atoms with Crippen molar-refractivity contribution < 1.29 is 56.8 Å². The maximum absolute atomic E-state index is 5.70. The first-order chi connectivity index (χ1) is 29.9. The normalized spacial score (nSPS) is 11.7. The summed E-state index contributed by atoms with van der Waals surface area (Å²) in [5.41, 5.74) is 0. The van der Waals surface area contributed by atoms with Crippen molar-refractivity contribution in [1.29, 1.82) is 0 Å². The second-order valence-electron chi connectivity index (χ2n) is 14.3. The summed E-state index contributed by atoms with van der Waals surface area (Å²) in [6, 6.07) is 0. The molecule has 0 radical (unpaired) electrons. The van der Waals surface area contributed by atoms with E-state index in [2.05, 4.69) is 19.2 Å². The molecule has 0 aromatic heterocycles. The highest BCUT2D eigenvalue weighted by Crippen LogP contribution is 2.18. The van der Waals surface area contributed by atoms with E-state index in [4.69, 9.17) is 56.8 Å². The lowest BCUT2D eigenvalue weighted by Gasteiger charge is -2.09. The fraction of sp³-hybridized carbons (Fsp3) is 1.00. The third-order valence-electron chi connectivity index (χ3n) is 9.02. The molecule has 0 fully saturated rings. The Balaban J connectivity index is 3.06. The van der Waals surface area contributed by atoms with Crippen LogP contribution in [-0.2, 0) is 56.8 Å². The molecule has 13 nitrogen and oxygen atoms in total. The lowest BCUT2D eigenvalue weighted by Crippen LogP contribution is -2.20. The van der Waals surface area contributed by atoms with Gasteiger partial charge in [-0.25, -0.2) is 0 Å². The van der Waals surface area contributed by atoms with Crippen LogP contribution in [0.25, 0.3) is 0 Å². The zero-order valence-electron chi connectivity index (χ0n) is 38.6. The van der Waals surface area contributed by atoms with E-state index in [0.717, 1.165) is 31.2 Å². The van der Waals surface area contributed by atoms with Crippen molar-refractivity contribution in [2.75, 3.05) is 177 Å². The topological polar surface area (TPSA) is 123 Å². The third-order valence-corrected chi connectivity index (χ3v) is 11.3. The molecule has 0 aromatic rings. The molecule has 0 bridgehead atoms. The Morgan fingerprint density at radius 1 is 0.250 bits per heavy atom. The Morgan fingerprint density at radius 2 is 0.483 bits per heavy atom. The Bertz CT molecular complexity index is 684. The number of hydrogen-bond donors (Lipinski definition) is 1. The van der Waals surface area contributed by atoms with E-state index < -0.39 is 0 Å². The van der Waals surface area contributed by atoms with Crippen LogP contribution in [0, 0.1) is 0 Å². The van der Waals surface area contributed by atoms with Gasteiger partial charge in [0.25, 0.3) is 0 Å². The molecule has 0 spiro atoms. The van der Waals surface area contributed by atoms with E-state index in [1.54, 1.807) is 0 Å². The van der Waals surface area contributed by atoms with Crippen LogP contribution in [0.3, 0.4) is 0 Å². The maximum atomic E-state index is 5.70. The first kappa shape index (κ1) is 60.2. The van der Waals surface area contributed by atoms with Crippen LogP contribution >= 0.6 is 21.6 Å². The van der Waals surface area contributed by atoms with Gasteiger partial charge in [0.1, 0.15) is 0 Å². The molecule has 0 saturated heterocycles. The van der Waals surface area contributed by atoms with Gasteiger partial charge in [0, 0.05) is 18.9 Å². The quantitative estimate of drug-likeness (QED) is 0.0357. The first-order valence-corrected chi connectivity index (χ1v) is 26.3. The summed E-state index contributed by atoms with van der Waals surface area (Å²) in [6.07, 6.45) is 22.2. The highest BCUT2D eigenvalue weighted by Gasteiger charge is 1.99. The van der Waals surface area contributed by atoms with E-state index in [1.807, 2.05) is 21.6 Å². The summed E-state index contributed by atoms with van der Waals surface area (Å²) >= 11 is 0. The van der Waals surface area contributed by atoms with Crippen LogP contribution in [0.5, 0.6) is 0 Å². The second-order valence-corrected chi connectivity index (χ2v) is 17.1. The number of ether oxygens (including phenoxy) is 12. The Labute approximate surface area is 375 Å². The van der Waals surface area contributed by atoms with Crippen molar-refractivity contribution in [3.63, 3.8) is 0 Å². The molecule has 0 aliphatic carbocycles. The summed E-state index contributed by atoms with van der Waals surface area (Å²) < 4.78 is 66.5. The molecule has 0 rings (SSSR count). The van der Waals surface area contributed by atoms with Crippen molar-refractivity contribution in [2.24, 2.45) is 0 Å². The number of unbranched alkanes of at least 4 members (excludes halogenated alkanes) is 15. The zero-order chi connectivity index (χ0) is 43.0. The lowest BCUT2D eigenvalue weighted by atomic mass is 10.0. The van der Waals surface area contributed by atoms with Gasteiger partial charge in [-0.05, 0) is 6.42 Å². The van der Waals surface area contributed by atoms with Gasteiger partial charge in [0.2, 0.25) is 0 Å². The van der Waals surface area contributed by atoms with Crippen LogP contribution in [-0.4, -0.2) is 177 Å². The zero-order valence-corrected chi connectivity index (χ0v) is 40.3. The second kappa shape index (κ2) is 59.2. The molecule has 0 unspecified atom stereocenters. The number of nitrogens with one attached hydrogen (secondary N) is 1. The molecule has 1 N–H and O–H groups in total. The van der Waals surface area contributed by atoms with Crippen molar-refractivity contribution in [3.8, 4) is 0 Å². The third kappa shape index (κ3) is 58.2. The highest BCUT2D eigenvalue weighted by molar-refractivity contribution is 8.76. The minimum atomic E-state index is 0.519. The monoisotopic (exact) mass is 904 g/mol. The SMILES string of the molecule is CCCCCCCCCCCCCCCCCCOCCOCCOCCOCCOCCOCCOCCOCCOCCOCCOCCOCCNCSSCC. The first-order valence-electron chi connectivity index (χ1n) is 23.8. The van der Waals surface area contributed by atoms with Crippen molar-refractivity contribution >= 4 is 21.6 Å². The molecule has 0 aromatic carbocycles. The van der Waals surface area contributed by atoms with E-state index in [-0.39, 0.29) is 0 Å².